The molecule has 0 fully saturated rings. The van der Waals surface area contributed by atoms with Crippen LogP contribution >= 0.6 is 11.6 Å². The summed E-state index contributed by atoms with van der Waals surface area (Å²) in [7, 11) is -3.69. The highest BCUT2D eigenvalue weighted by Crippen LogP contribution is 2.23. The monoisotopic (exact) mass is 380 g/mol. The Balaban J connectivity index is 1.93. The van der Waals surface area contributed by atoms with Crippen molar-refractivity contribution in [1.82, 2.24) is 4.72 Å². The lowest BCUT2D eigenvalue weighted by Gasteiger charge is -2.13. The van der Waals surface area contributed by atoms with Gasteiger partial charge in [-0.15, -0.1) is 0 Å². The van der Waals surface area contributed by atoms with Crippen LogP contribution in [-0.4, -0.2) is 20.9 Å². The van der Waals surface area contributed by atoms with Crippen LogP contribution in [-0.2, 0) is 14.8 Å². The van der Waals surface area contributed by atoms with Crippen LogP contribution in [0.2, 0.25) is 5.02 Å². The highest BCUT2D eigenvalue weighted by Gasteiger charge is 2.15. The molecule has 134 valence electrons. The first-order valence-corrected chi connectivity index (χ1v) is 9.80. The second-order valence-corrected chi connectivity index (χ2v) is 8.10. The van der Waals surface area contributed by atoms with Crippen molar-refractivity contribution in [2.24, 2.45) is 0 Å². The van der Waals surface area contributed by atoms with E-state index in [1.807, 2.05) is 38.1 Å². The Labute approximate surface area is 153 Å². The predicted octanol–water partition coefficient (Wildman–Crippen LogP) is 3.77. The molecule has 0 unspecified atom stereocenters. The van der Waals surface area contributed by atoms with Crippen LogP contribution in [0.5, 0.6) is 0 Å². The van der Waals surface area contributed by atoms with E-state index in [0.717, 1.165) is 11.3 Å². The van der Waals surface area contributed by atoms with Crippen molar-refractivity contribution < 1.29 is 13.2 Å². The van der Waals surface area contributed by atoms with Crippen molar-refractivity contribution in [3.63, 3.8) is 0 Å². The zero-order chi connectivity index (χ0) is 18.4. The Hall–Kier alpha value is -1.89. The number of amides is 1. The molecule has 5 nitrogen and oxygen atoms in total. The molecule has 7 heteroatoms. The fraction of sp³-hybridized carbons (Fsp3) is 0.278. The summed E-state index contributed by atoms with van der Waals surface area (Å²) >= 11 is 5.81. The number of para-hydroxylation sites is 1. The molecule has 0 aliphatic carbocycles. The molecule has 0 atom stereocenters. The molecule has 2 aromatic carbocycles. The van der Waals surface area contributed by atoms with Crippen molar-refractivity contribution in [1.29, 1.82) is 0 Å². The zero-order valence-corrected chi connectivity index (χ0v) is 15.7. The van der Waals surface area contributed by atoms with Gasteiger partial charge in [-0.2, -0.15) is 0 Å². The van der Waals surface area contributed by atoms with Crippen LogP contribution in [0.15, 0.2) is 53.4 Å². The molecule has 2 aromatic rings. The van der Waals surface area contributed by atoms with Gasteiger partial charge in [0.2, 0.25) is 15.9 Å². The van der Waals surface area contributed by atoms with E-state index < -0.39 is 10.0 Å². The Bertz CT molecular complexity index is 851. The number of hydrogen-bond donors (Lipinski definition) is 2. The summed E-state index contributed by atoms with van der Waals surface area (Å²) in [6.07, 6.45) is 0.0340. The van der Waals surface area contributed by atoms with E-state index in [2.05, 4.69) is 10.0 Å². The maximum Gasteiger partial charge on any atom is 0.240 e. The minimum Gasteiger partial charge on any atom is -0.326 e. The molecule has 0 bridgehead atoms. The number of hydrogen-bond acceptors (Lipinski definition) is 3. The molecule has 2 rings (SSSR count). The molecule has 0 aromatic heterocycles. The molecule has 0 aliphatic rings. The summed E-state index contributed by atoms with van der Waals surface area (Å²) in [4.78, 5) is 12.2. The quantitative estimate of drug-likeness (QED) is 0.767. The van der Waals surface area contributed by atoms with Crippen LogP contribution in [0.3, 0.4) is 0 Å². The summed E-state index contributed by atoms with van der Waals surface area (Å²) < 4.78 is 26.7. The molecular formula is C18H21ClN2O3S. The maximum absolute atomic E-state index is 12.2. The molecule has 25 heavy (non-hydrogen) atoms. The van der Waals surface area contributed by atoms with Crippen LogP contribution in [0, 0.1) is 0 Å². The molecule has 0 saturated carbocycles. The van der Waals surface area contributed by atoms with Gasteiger partial charge in [0.1, 0.15) is 0 Å². The Morgan fingerprint density at radius 3 is 2.52 bits per heavy atom. The lowest BCUT2D eigenvalue weighted by atomic mass is 10.0. The lowest BCUT2D eigenvalue weighted by Crippen LogP contribution is -2.28. The molecule has 0 radical (unpaired) electrons. The minimum atomic E-state index is -3.69. The smallest absolute Gasteiger partial charge is 0.240 e. The highest BCUT2D eigenvalue weighted by molar-refractivity contribution is 7.89. The number of halogens is 1. The largest absolute Gasteiger partial charge is 0.326 e. The SMILES string of the molecule is CC(C)c1ccccc1NC(=O)CCNS(=O)(=O)c1cccc(Cl)c1. The summed E-state index contributed by atoms with van der Waals surface area (Å²) in [5.41, 5.74) is 1.79. The first-order chi connectivity index (χ1) is 11.8. The number of nitrogens with one attached hydrogen (secondary N) is 2. The number of carbonyl (C=O) groups excluding carboxylic acids is 1. The molecular weight excluding hydrogens is 360 g/mol. The van der Waals surface area contributed by atoms with Crippen LogP contribution in [0.25, 0.3) is 0 Å². The van der Waals surface area contributed by atoms with Gasteiger partial charge < -0.3 is 5.32 Å². The van der Waals surface area contributed by atoms with Crippen molar-refractivity contribution in [3.8, 4) is 0 Å². The van der Waals surface area contributed by atoms with Crippen molar-refractivity contribution >= 4 is 33.2 Å². The number of carbonyl (C=O) groups is 1. The molecule has 0 spiro atoms. The third-order valence-corrected chi connectivity index (χ3v) is 5.30. The van der Waals surface area contributed by atoms with Gasteiger partial charge in [-0.3, -0.25) is 4.79 Å². The summed E-state index contributed by atoms with van der Waals surface area (Å²) in [6, 6.07) is 13.5. The van der Waals surface area contributed by atoms with E-state index in [1.165, 1.54) is 12.1 Å². The number of anilines is 1. The fourth-order valence-corrected chi connectivity index (χ4v) is 3.68. The minimum absolute atomic E-state index is 0.00449. The van der Waals surface area contributed by atoms with Gasteiger partial charge in [-0.05, 0) is 35.7 Å². The Morgan fingerprint density at radius 2 is 1.84 bits per heavy atom. The summed E-state index contributed by atoms with van der Waals surface area (Å²) in [5, 5.41) is 3.17. The second kappa shape index (κ2) is 8.47. The molecule has 0 heterocycles. The summed E-state index contributed by atoms with van der Waals surface area (Å²) in [6.45, 7) is 4.10. The van der Waals surface area contributed by atoms with Crippen LogP contribution < -0.4 is 10.0 Å². The van der Waals surface area contributed by atoms with Gasteiger partial charge in [0.15, 0.2) is 0 Å². The van der Waals surface area contributed by atoms with E-state index >= 15 is 0 Å². The topological polar surface area (TPSA) is 75.3 Å². The Morgan fingerprint density at radius 1 is 1.12 bits per heavy atom. The maximum atomic E-state index is 12.2. The first-order valence-electron chi connectivity index (χ1n) is 7.93. The predicted molar refractivity (Wildman–Crippen MR) is 100 cm³/mol. The number of benzene rings is 2. The van der Waals surface area contributed by atoms with Crippen LogP contribution in [0.1, 0.15) is 31.7 Å². The third-order valence-electron chi connectivity index (χ3n) is 3.61. The van der Waals surface area contributed by atoms with Crippen molar-refractivity contribution in [3.05, 3.63) is 59.1 Å². The third kappa shape index (κ3) is 5.56. The fourth-order valence-electron chi connectivity index (χ4n) is 2.34. The van der Waals surface area contributed by atoms with E-state index in [9.17, 15) is 13.2 Å². The average molecular weight is 381 g/mol. The van der Waals surface area contributed by atoms with Gasteiger partial charge >= 0.3 is 0 Å². The van der Waals surface area contributed by atoms with Gasteiger partial charge in [0, 0.05) is 23.7 Å². The Kier molecular flexibility index (Phi) is 6.58. The molecule has 2 N–H and O–H groups in total. The van der Waals surface area contributed by atoms with E-state index in [1.54, 1.807) is 12.1 Å². The van der Waals surface area contributed by atoms with Crippen molar-refractivity contribution in [2.75, 3.05) is 11.9 Å². The first kappa shape index (κ1) is 19.4. The molecule has 1 amide bonds. The number of sulfonamides is 1. The van der Waals surface area contributed by atoms with E-state index in [4.69, 9.17) is 11.6 Å². The highest BCUT2D eigenvalue weighted by atomic mass is 35.5. The van der Waals surface area contributed by atoms with Gasteiger partial charge in [0.05, 0.1) is 4.90 Å². The molecule has 0 saturated heterocycles. The molecule has 0 aliphatic heterocycles. The van der Waals surface area contributed by atoms with E-state index in [-0.39, 0.29) is 29.7 Å². The number of rotatable bonds is 7. The van der Waals surface area contributed by atoms with Crippen LogP contribution in [0.4, 0.5) is 5.69 Å². The van der Waals surface area contributed by atoms with Gasteiger partial charge in [-0.25, -0.2) is 13.1 Å². The normalized spacial score (nSPS) is 11.5. The van der Waals surface area contributed by atoms with Gasteiger partial charge in [0.25, 0.3) is 0 Å². The standard InChI is InChI=1S/C18H21ClN2O3S/c1-13(2)16-8-3-4-9-17(16)21-18(22)10-11-20-25(23,24)15-7-5-6-14(19)12-15/h3-9,12-13,20H,10-11H2,1-2H3,(H,21,22). The second-order valence-electron chi connectivity index (χ2n) is 5.90. The van der Waals surface area contributed by atoms with E-state index in [0.29, 0.717) is 5.02 Å². The van der Waals surface area contributed by atoms with Gasteiger partial charge in [-0.1, -0.05) is 49.7 Å². The summed E-state index contributed by atoms with van der Waals surface area (Å²) in [5.74, 6) is 0.0275. The van der Waals surface area contributed by atoms with Crippen molar-refractivity contribution in [2.45, 2.75) is 31.1 Å². The zero-order valence-electron chi connectivity index (χ0n) is 14.1. The lowest BCUT2D eigenvalue weighted by molar-refractivity contribution is -0.116. The average Bonchev–Trinajstić information content (AvgIpc) is 2.55.